The van der Waals surface area contributed by atoms with Crippen molar-refractivity contribution < 1.29 is 14.3 Å². The number of benzene rings is 3. The van der Waals surface area contributed by atoms with Gasteiger partial charge < -0.3 is 15.0 Å². The summed E-state index contributed by atoms with van der Waals surface area (Å²) in [6, 6.07) is 20.8. The largest absolute Gasteiger partial charge is 0.483 e. The Morgan fingerprint density at radius 1 is 1.00 bits per heavy atom. The van der Waals surface area contributed by atoms with E-state index in [0.717, 1.165) is 27.2 Å². The quantitative estimate of drug-likeness (QED) is 0.436. The van der Waals surface area contributed by atoms with Gasteiger partial charge >= 0.3 is 0 Å². The van der Waals surface area contributed by atoms with Crippen LogP contribution in [0, 0.1) is 0 Å². The van der Waals surface area contributed by atoms with Gasteiger partial charge in [-0.15, -0.1) is 0 Å². The zero-order valence-electron chi connectivity index (χ0n) is 18.7. The van der Waals surface area contributed by atoms with E-state index in [0.29, 0.717) is 12.3 Å². The maximum Gasteiger partial charge on any atom is 0.261 e. The van der Waals surface area contributed by atoms with Gasteiger partial charge in [-0.2, -0.15) is 0 Å². The summed E-state index contributed by atoms with van der Waals surface area (Å²) >= 11 is 3.43. The van der Waals surface area contributed by atoms with Crippen molar-refractivity contribution in [2.24, 2.45) is 0 Å². The highest BCUT2D eigenvalue weighted by molar-refractivity contribution is 9.10. The predicted molar refractivity (Wildman–Crippen MR) is 131 cm³/mol. The van der Waals surface area contributed by atoms with Crippen LogP contribution in [0.5, 0.6) is 5.75 Å². The molecule has 0 fully saturated rings. The first-order valence-corrected chi connectivity index (χ1v) is 11.6. The Kier molecular flexibility index (Phi) is 8.28. The van der Waals surface area contributed by atoms with E-state index in [1.165, 1.54) is 0 Å². The number of hydrogen-bond donors (Lipinski definition) is 1. The highest BCUT2D eigenvalue weighted by Gasteiger charge is 2.27. The molecule has 2 atom stereocenters. The molecule has 0 aliphatic heterocycles. The molecule has 0 saturated carbocycles. The molecule has 0 bridgehead atoms. The average molecular weight is 497 g/mol. The fourth-order valence-electron chi connectivity index (χ4n) is 3.38. The lowest BCUT2D eigenvalue weighted by atomic mass is 10.1. The van der Waals surface area contributed by atoms with Crippen LogP contribution < -0.4 is 10.1 Å². The van der Waals surface area contributed by atoms with Crippen LogP contribution in [-0.2, 0) is 16.1 Å². The van der Waals surface area contributed by atoms with Crippen molar-refractivity contribution in [2.45, 2.75) is 45.8 Å². The van der Waals surface area contributed by atoms with Gasteiger partial charge in [-0.05, 0) is 49.4 Å². The molecular weight excluding hydrogens is 468 g/mol. The number of ether oxygens (including phenoxy) is 1. The third-order valence-corrected chi connectivity index (χ3v) is 6.06. The number of carbonyl (C=O) groups excluding carboxylic acids is 2. The van der Waals surface area contributed by atoms with Gasteiger partial charge in [0.1, 0.15) is 11.8 Å². The van der Waals surface area contributed by atoms with Gasteiger partial charge in [0.2, 0.25) is 5.91 Å². The van der Waals surface area contributed by atoms with E-state index in [1.807, 2.05) is 80.6 Å². The lowest BCUT2D eigenvalue weighted by molar-refractivity contribution is -0.142. The van der Waals surface area contributed by atoms with Crippen LogP contribution in [0.3, 0.4) is 0 Å². The van der Waals surface area contributed by atoms with Gasteiger partial charge in [-0.3, -0.25) is 9.59 Å². The zero-order chi connectivity index (χ0) is 23.1. The van der Waals surface area contributed by atoms with E-state index in [4.69, 9.17) is 4.74 Å². The summed E-state index contributed by atoms with van der Waals surface area (Å²) in [7, 11) is 0. The van der Waals surface area contributed by atoms with Crippen LogP contribution in [0.4, 0.5) is 0 Å². The molecule has 0 saturated heterocycles. The molecule has 6 heteroatoms. The number of nitrogens with one attached hydrogen (secondary N) is 1. The number of carbonyl (C=O) groups is 2. The van der Waals surface area contributed by atoms with Gasteiger partial charge in [0.05, 0.1) is 0 Å². The van der Waals surface area contributed by atoms with Crippen molar-refractivity contribution in [3.05, 3.63) is 76.8 Å². The number of nitrogens with zero attached hydrogens (tertiary/aromatic N) is 1. The summed E-state index contributed by atoms with van der Waals surface area (Å²) in [5.41, 5.74) is 0.940. The van der Waals surface area contributed by atoms with Crippen LogP contribution in [-0.4, -0.2) is 35.4 Å². The number of halogens is 1. The van der Waals surface area contributed by atoms with E-state index in [1.54, 1.807) is 11.8 Å². The van der Waals surface area contributed by atoms with E-state index in [-0.39, 0.29) is 24.5 Å². The summed E-state index contributed by atoms with van der Waals surface area (Å²) in [5, 5.41) is 4.97. The number of hydrogen-bond acceptors (Lipinski definition) is 3. The van der Waals surface area contributed by atoms with E-state index >= 15 is 0 Å². The summed E-state index contributed by atoms with van der Waals surface area (Å²) < 4.78 is 6.88. The fourth-order valence-corrected chi connectivity index (χ4v) is 3.64. The minimum atomic E-state index is -0.628. The van der Waals surface area contributed by atoms with Gasteiger partial charge in [0.15, 0.2) is 6.61 Å². The molecule has 0 aliphatic rings. The summed E-state index contributed by atoms with van der Waals surface area (Å²) in [6.45, 7) is 5.89. The SMILES string of the molecule is CC[C@H](C)NC(=O)[C@H](C)N(Cc1ccc(Br)cc1)C(=O)COc1cccc2ccccc12. The minimum absolute atomic E-state index is 0.0431. The highest BCUT2D eigenvalue weighted by Crippen LogP contribution is 2.25. The van der Waals surface area contributed by atoms with Gasteiger partial charge in [0.25, 0.3) is 5.91 Å². The fraction of sp³-hybridized carbons (Fsp3) is 0.308. The summed E-state index contributed by atoms with van der Waals surface area (Å²) in [5.74, 6) is 0.236. The van der Waals surface area contributed by atoms with Crippen molar-refractivity contribution in [1.82, 2.24) is 10.2 Å². The second-order valence-electron chi connectivity index (χ2n) is 7.91. The molecule has 0 radical (unpaired) electrons. The number of amides is 2. The van der Waals surface area contributed by atoms with Crippen molar-refractivity contribution in [2.75, 3.05) is 6.61 Å². The molecule has 1 N–H and O–H groups in total. The Bertz CT molecular complexity index is 1060. The molecule has 3 rings (SSSR count). The smallest absolute Gasteiger partial charge is 0.261 e. The average Bonchev–Trinajstić information content (AvgIpc) is 2.81. The Hall–Kier alpha value is -2.86. The molecule has 0 heterocycles. The summed E-state index contributed by atoms with van der Waals surface area (Å²) in [4.78, 5) is 27.6. The Morgan fingerprint density at radius 2 is 1.69 bits per heavy atom. The van der Waals surface area contributed by atoms with E-state index in [2.05, 4.69) is 21.2 Å². The third kappa shape index (κ3) is 6.10. The molecule has 0 unspecified atom stereocenters. The molecule has 3 aromatic rings. The zero-order valence-corrected chi connectivity index (χ0v) is 20.3. The van der Waals surface area contributed by atoms with Gasteiger partial charge in [-0.25, -0.2) is 0 Å². The Morgan fingerprint density at radius 3 is 2.41 bits per heavy atom. The van der Waals surface area contributed by atoms with Crippen molar-refractivity contribution in [1.29, 1.82) is 0 Å². The molecule has 0 spiro atoms. The predicted octanol–water partition coefficient (Wildman–Crippen LogP) is 5.31. The maximum absolute atomic E-state index is 13.2. The molecule has 3 aromatic carbocycles. The molecule has 168 valence electrons. The molecular formula is C26H29BrN2O3. The Balaban J connectivity index is 1.78. The lowest BCUT2D eigenvalue weighted by Crippen LogP contribution is -2.50. The van der Waals surface area contributed by atoms with Crippen molar-refractivity contribution in [3.63, 3.8) is 0 Å². The summed E-state index contributed by atoms with van der Waals surface area (Å²) in [6.07, 6.45) is 0.823. The van der Waals surface area contributed by atoms with Gasteiger partial charge in [0, 0.05) is 22.4 Å². The number of fused-ring (bicyclic) bond motifs is 1. The number of rotatable bonds is 9. The molecule has 32 heavy (non-hydrogen) atoms. The van der Waals surface area contributed by atoms with Crippen LogP contribution in [0.1, 0.15) is 32.8 Å². The van der Waals surface area contributed by atoms with Crippen molar-refractivity contribution >= 4 is 38.5 Å². The monoisotopic (exact) mass is 496 g/mol. The first kappa shape index (κ1) is 23.8. The van der Waals surface area contributed by atoms with Crippen LogP contribution in [0.15, 0.2) is 71.2 Å². The Labute approximate surface area is 197 Å². The van der Waals surface area contributed by atoms with E-state index in [9.17, 15) is 9.59 Å². The highest BCUT2D eigenvalue weighted by atomic mass is 79.9. The molecule has 5 nitrogen and oxygen atoms in total. The maximum atomic E-state index is 13.2. The molecule has 0 aliphatic carbocycles. The third-order valence-electron chi connectivity index (χ3n) is 5.54. The molecule has 2 amide bonds. The van der Waals surface area contributed by atoms with E-state index < -0.39 is 6.04 Å². The van der Waals surface area contributed by atoms with Crippen LogP contribution >= 0.6 is 15.9 Å². The second-order valence-corrected chi connectivity index (χ2v) is 8.82. The molecule has 0 aromatic heterocycles. The first-order chi connectivity index (χ1) is 15.4. The van der Waals surface area contributed by atoms with Crippen LogP contribution in [0.2, 0.25) is 0 Å². The van der Waals surface area contributed by atoms with Crippen molar-refractivity contribution in [3.8, 4) is 5.75 Å². The van der Waals surface area contributed by atoms with Crippen LogP contribution in [0.25, 0.3) is 10.8 Å². The lowest BCUT2D eigenvalue weighted by Gasteiger charge is -2.29. The standard InChI is InChI=1S/C26H29BrN2O3/c1-4-18(2)28-26(31)19(3)29(16-20-12-14-22(27)15-13-20)25(30)17-32-24-11-7-9-21-8-5-6-10-23(21)24/h5-15,18-19H,4,16-17H2,1-3H3,(H,28,31)/t18-,19-/m0/s1. The minimum Gasteiger partial charge on any atom is -0.483 e. The normalized spacial score (nSPS) is 12.8. The van der Waals surface area contributed by atoms with Gasteiger partial charge in [-0.1, -0.05) is 71.4 Å². The first-order valence-electron chi connectivity index (χ1n) is 10.8. The topological polar surface area (TPSA) is 58.6 Å². The second kappa shape index (κ2) is 11.1.